The molecular weight excluding hydrogens is 368 g/mol. The van der Waals surface area contributed by atoms with Gasteiger partial charge in [0.1, 0.15) is 6.10 Å². The van der Waals surface area contributed by atoms with Gasteiger partial charge in [0, 0.05) is 17.4 Å². The van der Waals surface area contributed by atoms with Crippen molar-refractivity contribution >= 4 is 11.8 Å². The van der Waals surface area contributed by atoms with Crippen LogP contribution in [0.5, 0.6) is 0 Å². The number of carbonyl (C=O) groups excluding carboxylic acids is 2. The molecule has 0 unspecified atom stereocenters. The summed E-state index contributed by atoms with van der Waals surface area (Å²) >= 11 is 0. The van der Waals surface area contributed by atoms with Crippen LogP contribution in [0.2, 0.25) is 0 Å². The third-order valence-corrected chi connectivity index (χ3v) is 6.39. The molecule has 0 aromatic rings. The fraction of sp³-hybridized carbons (Fsp3) is 0.500. The number of hydrogen-bond donors (Lipinski definition) is 2. The van der Waals surface area contributed by atoms with E-state index in [0.29, 0.717) is 5.92 Å². The Hall–Kier alpha value is -2.24. The van der Waals surface area contributed by atoms with E-state index in [-0.39, 0.29) is 17.9 Å². The van der Waals surface area contributed by atoms with Crippen LogP contribution in [0.25, 0.3) is 0 Å². The molecule has 0 aromatic heterocycles. The van der Waals surface area contributed by atoms with E-state index in [1.807, 2.05) is 26.0 Å². The molecule has 0 aliphatic heterocycles. The number of hydrogen-bond acceptors (Lipinski definition) is 5. The van der Waals surface area contributed by atoms with Gasteiger partial charge in [-0.15, -0.1) is 0 Å². The van der Waals surface area contributed by atoms with Crippen molar-refractivity contribution in [3.8, 4) is 0 Å². The number of aliphatic hydroxyl groups is 2. The Bertz CT molecular complexity index is 787. The molecule has 5 nitrogen and oxygen atoms in total. The molecule has 2 aliphatic carbocycles. The molecular formula is C24H32O5. The number of fused-ring (bicyclic) bond motifs is 1. The smallest absolute Gasteiger partial charge is 0.331 e. The maximum Gasteiger partial charge on any atom is 0.331 e. The van der Waals surface area contributed by atoms with E-state index in [1.165, 1.54) is 12.2 Å². The molecule has 29 heavy (non-hydrogen) atoms. The number of rotatable bonds is 7. The summed E-state index contributed by atoms with van der Waals surface area (Å²) < 4.78 is 5.62. The van der Waals surface area contributed by atoms with Crippen LogP contribution in [0, 0.1) is 17.3 Å². The maximum absolute atomic E-state index is 12.5. The normalized spacial score (nSPS) is 32.9. The SMILES string of the molecule is C=C(CO)[C@]1(O)C[C@@]2(C)C(=CC1=O)C=C[C@H](OC(=O)/C=C/C=C/[C@@H](C)CC)[C@@H]2C. The summed E-state index contributed by atoms with van der Waals surface area (Å²) in [5.74, 6) is -0.660. The zero-order valence-electron chi connectivity index (χ0n) is 17.7. The molecule has 0 saturated heterocycles. The molecule has 0 bridgehead atoms. The molecule has 5 heteroatoms. The summed E-state index contributed by atoms with van der Waals surface area (Å²) in [6.07, 6.45) is 12.5. The number of esters is 1. The molecule has 0 amide bonds. The molecule has 0 radical (unpaired) electrons. The fourth-order valence-corrected chi connectivity index (χ4v) is 3.81. The number of aliphatic hydroxyl groups excluding tert-OH is 1. The van der Waals surface area contributed by atoms with Crippen LogP contribution >= 0.6 is 0 Å². The first-order valence-corrected chi connectivity index (χ1v) is 10.1. The molecule has 0 fully saturated rings. The number of carbonyl (C=O) groups is 2. The Balaban J connectivity index is 2.17. The molecule has 0 saturated carbocycles. The lowest BCUT2D eigenvalue weighted by Crippen LogP contribution is -2.53. The Morgan fingerprint density at radius 3 is 2.76 bits per heavy atom. The van der Waals surface area contributed by atoms with Crippen LogP contribution in [-0.4, -0.2) is 40.3 Å². The fourth-order valence-electron chi connectivity index (χ4n) is 3.81. The molecule has 0 aromatic carbocycles. The summed E-state index contributed by atoms with van der Waals surface area (Å²) in [4.78, 5) is 24.7. The summed E-state index contributed by atoms with van der Waals surface area (Å²) in [6.45, 7) is 11.3. The minimum atomic E-state index is -1.82. The molecule has 0 spiro atoms. The standard InChI is InChI=1S/C24H32O5/c1-6-16(2)9-7-8-10-22(27)29-20-12-11-19-13-21(26)24(28,17(3)14-25)15-23(19,5)18(20)4/h7-13,16,18,20,25,28H,3,6,14-15H2,1-2,4-5H3/b9-7+,10-8+/t16-,18-,20-,23+,24+/m0/s1. The highest BCUT2D eigenvalue weighted by Crippen LogP contribution is 2.51. The molecule has 158 valence electrons. The molecule has 0 heterocycles. The van der Waals surface area contributed by atoms with Gasteiger partial charge < -0.3 is 14.9 Å². The van der Waals surface area contributed by atoms with E-state index in [4.69, 9.17) is 4.74 Å². The van der Waals surface area contributed by atoms with Crippen molar-refractivity contribution in [3.05, 3.63) is 60.3 Å². The largest absolute Gasteiger partial charge is 0.455 e. The Kier molecular flexibility index (Phi) is 7.20. The van der Waals surface area contributed by atoms with Crippen molar-refractivity contribution in [2.24, 2.45) is 17.3 Å². The summed E-state index contributed by atoms with van der Waals surface area (Å²) in [6, 6.07) is 0. The zero-order valence-corrected chi connectivity index (χ0v) is 17.7. The Labute approximate surface area is 173 Å². The van der Waals surface area contributed by atoms with Crippen molar-refractivity contribution in [1.29, 1.82) is 0 Å². The molecule has 2 aliphatic rings. The number of ketones is 1. The minimum Gasteiger partial charge on any atom is -0.455 e. The lowest BCUT2D eigenvalue weighted by atomic mass is 9.57. The zero-order chi connectivity index (χ0) is 21.8. The first-order valence-electron chi connectivity index (χ1n) is 10.1. The number of allylic oxidation sites excluding steroid dienone is 5. The van der Waals surface area contributed by atoms with Crippen LogP contribution in [-0.2, 0) is 14.3 Å². The highest BCUT2D eigenvalue weighted by Gasteiger charge is 2.53. The van der Waals surface area contributed by atoms with Crippen molar-refractivity contribution < 1.29 is 24.5 Å². The van der Waals surface area contributed by atoms with E-state index in [9.17, 15) is 19.8 Å². The average molecular weight is 401 g/mol. The predicted octanol–water partition coefficient (Wildman–Crippen LogP) is 3.45. The van der Waals surface area contributed by atoms with Crippen molar-refractivity contribution in [2.45, 2.75) is 52.2 Å². The molecule has 2 N–H and O–H groups in total. The first kappa shape index (κ1) is 23.0. The highest BCUT2D eigenvalue weighted by molar-refractivity contribution is 6.01. The van der Waals surface area contributed by atoms with Gasteiger partial charge in [-0.05, 0) is 35.6 Å². The van der Waals surface area contributed by atoms with Crippen molar-refractivity contribution in [1.82, 2.24) is 0 Å². The topological polar surface area (TPSA) is 83.8 Å². The minimum absolute atomic E-state index is 0.0744. The maximum atomic E-state index is 12.5. The van der Waals surface area contributed by atoms with E-state index in [0.717, 1.165) is 12.0 Å². The van der Waals surface area contributed by atoms with Gasteiger partial charge in [0.2, 0.25) is 0 Å². The second-order valence-electron chi connectivity index (χ2n) is 8.36. The van der Waals surface area contributed by atoms with Gasteiger partial charge in [-0.1, -0.05) is 65.0 Å². The van der Waals surface area contributed by atoms with Gasteiger partial charge in [0.15, 0.2) is 11.4 Å². The lowest BCUT2D eigenvalue weighted by molar-refractivity contribution is -0.147. The summed E-state index contributed by atoms with van der Waals surface area (Å²) in [7, 11) is 0. The Morgan fingerprint density at radius 2 is 2.14 bits per heavy atom. The van der Waals surface area contributed by atoms with E-state index < -0.39 is 35.5 Å². The molecule has 5 atom stereocenters. The van der Waals surface area contributed by atoms with Gasteiger partial charge in [-0.25, -0.2) is 4.79 Å². The third-order valence-electron chi connectivity index (χ3n) is 6.39. The third kappa shape index (κ3) is 4.68. The quantitative estimate of drug-likeness (QED) is 0.296. The van der Waals surface area contributed by atoms with E-state index in [1.54, 1.807) is 18.2 Å². The van der Waals surface area contributed by atoms with Gasteiger partial charge in [-0.3, -0.25) is 4.79 Å². The second-order valence-corrected chi connectivity index (χ2v) is 8.36. The van der Waals surface area contributed by atoms with Crippen LogP contribution < -0.4 is 0 Å². The summed E-state index contributed by atoms with van der Waals surface area (Å²) in [5, 5.41) is 20.3. The van der Waals surface area contributed by atoms with E-state index >= 15 is 0 Å². The van der Waals surface area contributed by atoms with Crippen molar-refractivity contribution in [3.63, 3.8) is 0 Å². The van der Waals surface area contributed by atoms with E-state index in [2.05, 4.69) is 20.4 Å². The highest BCUT2D eigenvalue weighted by atomic mass is 16.5. The van der Waals surface area contributed by atoms with Crippen LogP contribution in [0.1, 0.15) is 40.5 Å². The second kappa shape index (κ2) is 9.06. The van der Waals surface area contributed by atoms with Crippen molar-refractivity contribution in [2.75, 3.05) is 6.61 Å². The van der Waals surface area contributed by atoms with Gasteiger partial charge in [0.05, 0.1) is 6.61 Å². The monoisotopic (exact) mass is 400 g/mol. The average Bonchev–Trinajstić information content (AvgIpc) is 2.69. The van der Waals surface area contributed by atoms with Gasteiger partial charge >= 0.3 is 5.97 Å². The first-order chi connectivity index (χ1) is 13.6. The number of ether oxygens (including phenoxy) is 1. The van der Waals surface area contributed by atoms with Gasteiger partial charge in [0.25, 0.3) is 0 Å². The Morgan fingerprint density at radius 1 is 1.45 bits per heavy atom. The summed E-state index contributed by atoms with van der Waals surface area (Å²) in [5.41, 5.74) is -1.57. The van der Waals surface area contributed by atoms with Gasteiger partial charge in [-0.2, -0.15) is 0 Å². The molecule has 2 rings (SSSR count). The van der Waals surface area contributed by atoms with Crippen LogP contribution in [0.4, 0.5) is 0 Å². The lowest BCUT2D eigenvalue weighted by Gasteiger charge is -2.49. The van der Waals surface area contributed by atoms with Crippen LogP contribution in [0.3, 0.4) is 0 Å². The van der Waals surface area contributed by atoms with Crippen LogP contribution in [0.15, 0.2) is 60.3 Å². The predicted molar refractivity (Wildman–Crippen MR) is 113 cm³/mol.